The number of hydrogen-bond acceptors (Lipinski definition) is 6. The smallest absolute Gasteiger partial charge is 0.141 e. The van der Waals surface area contributed by atoms with E-state index in [0.29, 0.717) is 22.7 Å². The largest absolute Gasteiger partial charge is 0.497 e. The van der Waals surface area contributed by atoms with Crippen molar-refractivity contribution in [3.05, 3.63) is 82.5 Å². The predicted octanol–water partition coefficient (Wildman–Crippen LogP) is 5.91. The number of halogens is 1. The summed E-state index contributed by atoms with van der Waals surface area (Å²) in [5.74, 6) is 14.7. The van der Waals surface area contributed by atoms with Crippen LogP contribution in [-0.2, 0) is 13.0 Å². The normalized spacial score (nSPS) is 10.9. The van der Waals surface area contributed by atoms with Crippen LogP contribution < -0.4 is 26.6 Å². The van der Waals surface area contributed by atoms with Crippen molar-refractivity contribution in [3.8, 4) is 35.0 Å². The number of hydrazine groups is 1. The maximum Gasteiger partial charge on any atom is 0.141 e. The summed E-state index contributed by atoms with van der Waals surface area (Å²) in [5.41, 5.74) is 7.51. The molecule has 0 unspecified atom stereocenters. The molecule has 4 aromatic rings. The highest BCUT2D eigenvalue weighted by molar-refractivity contribution is 7.17. The van der Waals surface area contributed by atoms with Crippen molar-refractivity contribution in [1.82, 2.24) is 5.43 Å². The fourth-order valence-corrected chi connectivity index (χ4v) is 4.82. The van der Waals surface area contributed by atoms with Crippen LogP contribution in [0.15, 0.2) is 65.1 Å². The molecule has 0 fully saturated rings. The third-order valence-electron chi connectivity index (χ3n) is 5.71. The van der Waals surface area contributed by atoms with Gasteiger partial charge in [-0.2, -0.15) is 5.10 Å². The molecule has 0 saturated heterocycles. The number of nitrogens with zero attached hydrogens (tertiary/aromatic N) is 1. The summed E-state index contributed by atoms with van der Waals surface area (Å²) in [6.45, 7) is 3.95. The van der Waals surface area contributed by atoms with E-state index < -0.39 is 0 Å². The molecule has 37 heavy (non-hydrogen) atoms. The molecule has 0 atom stereocenters. The number of rotatable bonds is 8. The number of benzene rings is 3. The Morgan fingerprint density at radius 2 is 1.78 bits per heavy atom. The Kier molecular flexibility index (Phi) is 9.90. The van der Waals surface area contributed by atoms with E-state index in [-0.39, 0.29) is 12.4 Å². The highest BCUT2D eigenvalue weighted by Gasteiger charge is 2.14. The number of methoxy groups -OCH3 is 1. The first-order valence-corrected chi connectivity index (χ1v) is 12.5. The van der Waals surface area contributed by atoms with E-state index in [1.54, 1.807) is 20.1 Å². The van der Waals surface area contributed by atoms with E-state index in [1.807, 2.05) is 60.8 Å². The highest BCUT2D eigenvalue weighted by atomic mass is 32.1. The van der Waals surface area contributed by atoms with E-state index >= 15 is 0 Å². The lowest BCUT2D eigenvalue weighted by molar-refractivity contribution is 0.306. The fraction of sp³-hybridized carbons (Fsp3) is 0.207. The summed E-state index contributed by atoms with van der Waals surface area (Å²) in [6, 6.07) is 17.2. The zero-order valence-corrected chi connectivity index (χ0v) is 22.0. The van der Waals surface area contributed by atoms with Gasteiger partial charge in [-0.25, -0.2) is 10.2 Å². The van der Waals surface area contributed by atoms with Gasteiger partial charge >= 0.3 is 0 Å². The quantitative estimate of drug-likeness (QED) is 0.0886. The van der Waals surface area contributed by atoms with Crippen molar-refractivity contribution in [2.75, 3.05) is 7.11 Å². The van der Waals surface area contributed by atoms with Gasteiger partial charge in [0.25, 0.3) is 0 Å². The second kappa shape index (κ2) is 13.3. The van der Waals surface area contributed by atoms with E-state index in [2.05, 4.69) is 22.9 Å². The standard InChI is InChI=1S/C26H27FN4O2S.C3H4/c1-16-11-20(32-2)8-9-21(16)23-15-34-26-22(23)12-18(13-24(26)27)14-33-19-6-3-17(4-7-19)5-10-25(30-28)31-29;1-3-2/h3-4,6-9,11-13,15H,5,10,14,28-29H2,1-2H3,(H,30,31);1H,2H3. The maximum absolute atomic E-state index is 14.9. The minimum Gasteiger partial charge on any atom is -0.497 e. The van der Waals surface area contributed by atoms with Crippen molar-refractivity contribution < 1.29 is 13.9 Å². The van der Waals surface area contributed by atoms with Crippen LogP contribution >= 0.6 is 11.3 Å². The van der Waals surface area contributed by atoms with Crippen LogP contribution in [0, 0.1) is 25.1 Å². The number of thiophene rings is 1. The first-order chi connectivity index (χ1) is 17.9. The van der Waals surface area contributed by atoms with Crippen molar-refractivity contribution in [2.45, 2.75) is 33.3 Å². The molecular weight excluding hydrogens is 487 g/mol. The molecule has 0 aliphatic rings. The lowest BCUT2D eigenvalue weighted by Gasteiger charge is -2.10. The van der Waals surface area contributed by atoms with Gasteiger partial charge in [-0.1, -0.05) is 18.2 Å². The van der Waals surface area contributed by atoms with Crippen molar-refractivity contribution in [3.63, 3.8) is 0 Å². The second-order valence-corrected chi connectivity index (χ2v) is 9.11. The van der Waals surface area contributed by atoms with E-state index in [0.717, 1.165) is 45.4 Å². The molecule has 0 spiro atoms. The summed E-state index contributed by atoms with van der Waals surface area (Å²) < 4.78 is 26.8. The number of nitrogens with two attached hydrogens (primary N) is 2. The predicted molar refractivity (Wildman–Crippen MR) is 151 cm³/mol. The summed E-state index contributed by atoms with van der Waals surface area (Å²) in [4.78, 5) is 0. The fourth-order valence-electron chi connectivity index (χ4n) is 3.86. The van der Waals surface area contributed by atoms with Crippen LogP contribution in [0.2, 0.25) is 0 Å². The molecule has 0 aliphatic heterocycles. The Morgan fingerprint density at radius 3 is 2.41 bits per heavy atom. The molecule has 0 amide bonds. The van der Waals surface area contributed by atoms with Crippen LogP contribution in [0.5, 0.6) is 11.5 Å². The Labute approximate surface area is 221 Å². The highest BCUT2D eigenvalue weighted by Crippen LogP contribution is 2.38. The van der Waals surface area contributed by atoms with Crippen LogP contribution in [0.4, 0.5) is 4.39 Å². The molecule has 1 heterocycles. The Hall–Kier alpha value is -4.06. The van der Waals surface area contributed by atoms with Crippen LogP contribution in [0.3, 0.4) is 0 Å². The number of aryl methyl sites for hydroxylation is 2. The molecule has 192 valence electrons. The maximum atomic E-state index is 14.9. The number of terminal acetylenes is 1. The number of fused-ring (bicyclic) bond motifs is 1. The molecule has 4 rings (SSSR count). The lowest BCUT2D eigenvalue weighted by atomic mass is 9.99. The summed E-state index contributed by atoms with van der Waals surface area (Å²) in [5, 5.41) is 6.48. The first-order valence-electron chi connectivity index (χ1n) is 11.6. The Bertz CT molecular complexity index is 1410. The van der Waals surface area contributed by atoms with E-state index in [1.165, 1.54) is 11.3 Å². The van der Waals surface area contributed by atoms with Gasteiger partial charge in [-0.05, 0) is 84.3 Å². The minimum absolute atomic E-state index is 0.236. The van der Waals surface area contributed by atoms with Gasteiger partial charge in [-0.15, -0.1) is 23.7 Å². The molecule has 0 saturated carbocycles. The van der Waals surface area contributed by atoms with Crippen molar-refractivity contribution >= 4 is 27.3 Å². The van der Waals surface area contributed by atoms with Gasteiger partial charge in [0.05, 0.1) is 11.8 Å². The van der Waals surface area contributed by atoms with Crippen LogP contribution in [-0.4, -0.2) is 12.9 Å². The van der Waals surface area contributed by atoms with Gasteiger partial charge < -0.3 is 20.7 Å². The average molecular weight is 519 g/mol. The molecule has 0 radical (unpaired) electrons. The van der Waals surface area contributed by atoms with Crippen molar-refractivity contribution in [1.29, 1.82) is 0 Å². The molecule has 6 nitrogen and oxygen atoms in total. The lowest BCUT2D eigenvalue weighted by Crippen LogP contribution is -2.31. The molecular formula is C29H31FN4O2S. The zero-order valence-electron chi connectivity index (χ0n) is 21.2. The molecule has 3 aromatic carbocycles. The second-order valence-electron chi connectivity index (χ2n) is 8.23. The van der Waals surface area contributed by atoms with Gasteiger partial charge in [-0.3, -0.25) is 0 Å². The van der Waals surface area contributed by atoms with Crippen molar-refractivity contribution in [2.24, 2.45) is 16.8 Å². The molecule has 1 aromatic heterocycles. The molecule has 0 aliphatic carbocycles. The third kappa shape index (κ3) is 7.00. The summed E-state index contributed by atoms with van der Waals surface area (Å²) in [7, 11) is 1.65. The minimum atomic E-state index is -0.236. The van der Waals surface area contributed by atoms with Gasteiger partial charge in [0, 0.05) is 17.4 Å². The summed E-state index contributed by atoms with van der Waals surface area (Å²) in [6.07, 6.45) is 5.96. The number of hydrazone groups is 1. The first kappa shape index (κ1) is 27.5. The van der Waals surface area contributed by atoms with E-state index in [4.69, 9.17) is 21.2 Å². The third-order valence-corrected chi connectivity index (χ3v) is 6.72. The van der Waals surface area contributed by atoms with E-state index in [9.17, 15) is 4.39 Å². The Balaban J connectivity index is 0.00000121. The van der Waals surface area contributed by atoms with Gasteiger partial charge in [0.1, 0.15) is 29.8 Å². The van der Waals surface area contributed by atoms with Crippen LogP contribution in [0.1, 0.15) is 30.0 Å². The zero-order chi connectivity index (χ0) is 26.8. The average Bonchev–Trinajstić information content (AvgIpc) is 3.33. The molecule has 5 N–H and O–H groups in total. The molecule has 0 bridgehead atoms. The van der Waals surface area contributed by atoms with Gasteiger partial charge in [0.2, 0.25) is 0 Å². The summed E-state index contributed by atoms with van der Waals surface area (Å²) >= 11 is 1.41. The van der Waals surface area contributed by atoms with Crippen LogP contribution in [0.25, 0.3) is 21.2 Å². The topological polar surface area (TPSA) is 94.9 Å². The number of ether oxygens (including phenoxy) is 2. The SMILES string of the molecule is C#CC.COc1ccc(-c2csc3c(F)cc(COc4ccc(CC/C(=N/N)NN)cc4)cc23)c(C)c1. The Morgan fingerprint density at radius 1 is 1.08 bits per heavy atom. The number of nitrogens with one attached hydrogen (secondary N) is 1. The molecule has 8 heteroatoms. The number of hydrogen-bond donors (Lipinski definition) is 3. The monoisotopic (exact) mass is 518 g/mol. The van der Waals surface area contributed by atoms with Gasteiger partial charge in [0.15, 0.2) is 0 Å². The number of amidine groups is 1.